The molecule has 1 aromatic heterocycles. The van der Waals surface area contributed by atoms with Crippen LogP contribution in [0.2, 0.25) is 0 Å². The molecule has 0 aliphatic heterocycles. The number of amides is 1. The number of hydrogen-bond acceptors (Lipinski definition) is 4. The molecule has 5 heteroatoms. The van der Waals surface area contributed by atoms with Gasteiger partial charge in [0.1, 0.15) is 5.75 Å². The Morgan fingerprint density at radius 1 is 1.56 bits per heavy atom. The smallest absolute Gasteiger partial charge is 0.255 e. The quantitative estimate of drug-likeness (QED) is 0.723. The van der Waals surface area contributed by atoms with Crippen LogP contribution in [0.3, 0.4) is 0 Å². The van der Waals surface area contributed by atoms with Gasteiger partial charge in [-0.15, -0.1) is 0 Å². The van der Waals surface area contributed by atoms with E-state index in [0.717, 1.165) is 13.0 Å². The molecule has 0 atom stereocenters. The summed E-state index contributed by atoms with van der Waals surface area (Å²) in [5, 5.41) is 12.2. The van der Waals surface area contributed by atoms with Crippen molar-refractivity contribution < 1.29 is 14.6 Å². The molecule has 2 N–H and O–H groups in total. The molecule has 100 valence electrons. The lowest BCUT2D eigenvalue weighted by atomic mass is 10.2. The number of carbonyl (C=O) groups is 1. The summed E-state index contributed by atoms with van der Waals surface area (Å²) in [7, 11) is 0. The maximum absolute atomic E-state index is 11.7. The molecule has 0 fully saturated rings. The van der Waals surface area contributed by atoms with Crippen LogP contribution in [-0.2, 0) is 4.74 Å². The van der Waals surface area contributed by atoms with Crippen molar-refractivity contribution in [3.8, 4) is 5.75 Å². The van der Waals surface area contributed by atoms with Gasteiger partial charge < -0.3 is 15.2 Å². The van der Waals surface area contributed by atoms with Crippen molar-refractivity contribution in [2.75, 3.05) is 19.8 Å². The number of nitrogens with one attached hydrogen (secondary N) is 1. The highest BCUT2D eigenvalue weighted by Crippen LogP contribution is 2.13. The van der Waals surface area contributed by atoms with Gasteiger partial charge in [0.25, 0.3) is 5.91 Å². The van der Waals surface area contributed by atoms with Crippen molar-refractivity contribution >= 4 is 5.91 Å². The summed E-state index contributed by atoms with van der Waals surface area (Å²) < 4.78 is 5.40. The van der Waals surface area contributed by atoms with Crippen LogP contribution in [0.15, 0.2) is 18.5 Å². The molecule has 1 rings (SSSR count). The maximum atomic E-state index is 11.7. The third-order valence-corrected chi connectivity index (χ3v) is 2.25. The number of carbonyl (C=O) groups excluding carboxylic acids is 1. The van der Waals surface area contributed by atoms with Gasteiger partial charge in [0.15, 0.2) is 0 Å². The number of ether oxygens (including phenoxy) is 1. The van der Waals surface area contributed by atoms with Gasteiger partial charge in [0.05, 0.1) is 11.8 Å². The Hall–Kier alpha value is -1.62. The van der Waals surface area contributed by atoms with Crippen LogP contribution in [0.5, 0.6) is 5.75 Å². The van der Waals surface area contributed by atoms with Crippen LogP contribution in [0.25, 0.3) is 0 Å². The van der Waals surface area contributed by atoms with E-state index in [0.29, 0.717) is 19.1 Å². The van der Waals surface area contributed by atoms with Crippen molar-refractivity contribution in [2.24, 2.45) is 5.92 Å². The molecule has 1 amide bonds. The third-order valence-electron chi connectivity index (χ3n) is 2.25. The van der Waals surface area contributed by atoms with E-state index in [1.165, 1.54) is 18.5 Å². The molecule has 5 nitrogen and oxygen atoms in total. The second-order valence-electron chi connectivity index (χ2n) is 4.47. The largest absolute Gasteiger partial charge is 0.505 e. The molecule has 0 aromatic carbocycles. The minimum atomic E-state index is -0.293. The molecule has 0 bridgehead atoms. The summed E-state index contributed by atoms with van der Waals surface area (Å²) >= 11 is 0. The fraction of sp³-hybridized carbons (Fsp3) is 0.538. The number of pyridine rings is 1. The Labute approximate surface area is 107 Å². The number of nitrogens with zero attached hydrogens (tertiary/aromatic N) is 1. The van der Waals surface area contributed by atoms with E-state index in [9.17, 15) is 9.90 Å². The summed E-state index contributed by atoms with van der Waals surface area (Å²) in [5.41, 5.74) is 0.244. The zero-order chi connectivity index (χ0) is 13.4. The van der Waals surface area contributed by atoms with Gasteiger partial charge >= 0.3 is 0 Å². The maximum Gasteiger partial charge on any atom is 0.255 e. The third kappa shape index (κ3) is 5.14. The van der Waals surface area contributed by atoms with Crippen LogP contribution in [0.4, 0.5) is 0 Å². The molecular weight excluding hydrogens is 232 g/mol. The highest BCUT2D eigenvalue weighted by atomic mass is 16.5. The molecule has 0 aliphatic carbocycles. The second kappa shape index (κ2) is 7.66. The molecule has 0 unspecified atom stereocenters. The van der Waals surface area contributed by atoms with Gasteiger partial charge in [-0.1, -0.05) is 13.8 Å². The minimum Gasteiger partial charge on any atom is -0.505 e. The first-order valence-electron chi connectivity index (χ1n) is 6.10. The van der Waals surface area contributed by atoms with Crippen LogP contribution in [-0.4, -0.2) is 35.8 Å². The van der Waals surface area contributed by atoms with Crippen molar-refractivity contribution in [1.29, 1.82) is 0 Å². The molecular formula is C13H20N2O3. The highest BCUT2D eigenvalue weighted by Gasteiger charge is 2.09. The first-order valence-corrected chi connectivity index (χ1v) is 6.10. The normalized spacial score (nSPS) is 10.6. The van der Waals surface area contributed by atoms with Gasteiger partial charge in [0.2, 0.25) is 0 Å². The fourth-order valence-electron chi connectivity index (χ4n) is 1.37. The number of hydrogen-bond donors (Lipinski definition) is 2. The number of aromatic nitrogens is 1. The molecule has 0 radical (unpaired) electrons. The average molecular weight is 252 g/mol. The average Bonchev–Trinajstić information content (AvgIpc) is 2.33. The fourth-order valence-corrected chi connectivity index (χ4v) is 1.37. The predicted octanol–water partition coefficient (Wildman–Crippen LogP) is 1.58. The Morgan fingerprint density at radius 2 is 2.33 bits per heavy atom. The SMILES string of the molecule is CC(C)COCCCNC(=O)c1ccncc1O. The number of rotatable bonds is 7. The lowest BCUT2D eigenvalue weighted by Crippen LogP contribution is -2.25. The van der Waals surface area contributed by atoms with Crippen molar-refractivity contribution in [3.05, 3.63) is 24.0 Å². The molecule has 0 spiro atoms. The van der Waals surface area contributed by atoms with E-state index in [1.807, 2.05) is 0 Å². The summed E-state index contributed by atoms with van der Waals surface area (Å²) in [6.45, 7) is 6.07. The molecule has 0 aliphatic rings. The van der Waals surface area contributed by atoms with E-state index in [-0.39, 0.29) is 17.2 Å². The highest BCUT2D eigenvalue weighted by molar-refractivity contribution is 5.96. The summed E-state index contributed by atoms with van der Waals surface area (Å²) in [6.07, 6.45) is 3.48. The van der Waals surface area contributed by atoms with Crippen LogP contribution in [0, 0.1) is 5.92 Å². The molecule has 18 heavy (non-hydrogen) atoms. The van der Waals surface area contributed by atoms with E-state index in [4.69, 9.17) is 4.74 Å². The van der Waals surface area contributed by atoms with E-state index in [1.54, 1.807) is 0 Å². The zero-order valence-electron chi connectivity index (χ0n) is 10.8. The van der Waals surface area contributed by atoms with Crippen LogP contribution in [0.1, 0.15) is 30.6 Å². The molecule has 0 saturated heterocycles. The molecule has 1 aromatic rings. The van der Waals surface area contributed by atoms with E-state index >= 15 is 0 Å². The molecule has 0 saturated carbocycles. The van der Waals surface area contributed by atoms with Gasteiger partial charge in [-0.05, 0) is 18.4 Å². The lowest BCUT2D eigenvalue weighted by molar-refractivity contribution is 0.0922. The zero-order valence-corrected chi connectivity index (χ0v) is 10.8. The van der Waals surface area contributed by atoms with E-state index < -0.39 is 0 Å². The molecule has 1 heterocycles. The van der Waals surface area contributed by atoms with E-state index in [2.05, 4.69) is 24.1 Å². The topological polar surface area (TPSA) is 71.5 Å². The second-order valence-corrected chi connectivity index (χ2v) is 4.47. The number of aromatic hydroxyl groups is 1. The first kappa shape index (κ1) is 14.4. The summed E-state index contributed by atoms with van der Waals surface area (Å²) in [6, 6.07) is 1.49. The van der Waals surface area contributed by atoms with Crippen molar-refractivity contribution in [1.82, 2.24) is 10.3 Å². The Bertz CT molecular complexity index is 380. The van der Waals surface area contributed by atoms with Gasteiger partial charge in [-0.2, -0.15) is 0 Å². The Balaban J connectivity index is 2.20. The minimum absolute atomic E-state index is 0.106. The first-order chi connectivity index (χ1) is 8.61. The van der Waals surface area contributed by atoms with Crippen molar-refractivity contribution in [3.63, 3.8) is 0 Å². The standard InChI is InChI=1S/C13H20N2O3/c1-10(2)9-18-7-3-5-15-13(17)11-4-6-14-8-12(11)16/h4,6,8,10,16H,3,5,7,9H2,1-2H3,(H,15,17). The van der Waals surface area contributed by atoms with Gasteiger partial charge in [0, 0.05) is 26.0 Å². The predicted molar refractivity (Wildman–Crippen MR) is 68.5 cm³/mol. The lowest BCUT2D eigenvalue weighted by Gasteiger charge is -2.08. The van der Waals surface area contributed by atoms with Crippen molar-refractivity contribution in [2.45, 2.75) is 20.3 Å². The van der Waals surface area contributed by atoms with Gasteiger partial charge in [-0.25, -0.2) is 0 Å². The Morgan fingerprint density at radius 3 is 3.00 bits per heavy atom. The summed E-state index contributed by atoms with van der Waals surface area (Å²) in [5.74, 6) is 0.123. The summed E-state index contributed by atoms with van der Waals surface area (Å²) in [4.78, 5) is 15.4. The van der Waals surface area contributed by atoms with Crippen LogP contribution >= 0.6 is 0 Å². The van der Waals surface area contributed by atoms with Gasteiger partial charge in [-0.3, -0.25) is 9.78 Å². The Kier molecular flexibility index (Phi) is 6.14. The monoisotopic (exact) mass is 252 g/mol. The van der Waals surface area contributed by atoms with Crippen LogP contribution < -0.4 is 5.32 Å².